The van der Waals surface area contributed by atoms with Crippen molar-refractivity contribution >= 4 is 17.1 Å². The maximum Gasteiger partial charge on any atom is 0.332 e. The van der Waals surface area contributed by atoms with E-state index >= 15 is 0 Å². The van der Waals surface area contributed by atoms with Crippen LogP contribution in [0.15, 0.2) is 33.9 Å². The quantitative estimate of drug-likeness (QED) is 0.622. The molecule has 4 rings (SSSR count). The normalized spacial score (nSPS) is 16.0. The molecule has 0 bridgehead atoms. The molecule has 1 N–H and O–H groups in total. The first-order chi connectivity index (χ1) is 15.3. The first kappa shape index (κ1) is 22.1. The van der Waals surface area contributed by atoms with Gasteiger partial charge < -0.3 is 19.3 Å². The number of aromatic nitrogens is 4. The summed E-state index contributed by atoms with van der Waals surface area (Å²) in [5.41, 5.74) is 0.797. The van der Waals surface area contributed by atoms with Crippen molar-refractivity contribution in [2.45, 2.75) is 39.3 Å². The first-order valence-electron chi connectivity index (χ1n) is 11.1. The van der Waals surface area contributed by atoms with E-state index < -0.39 is 17.4 Å². The Balaban J connectivity index is 1.71. The smallest absolute Gasteiger partial charge is 0.332 e. The summed E-state index contributed by atoms with van der Waals surface area (Å²) in [7, 11) is 3.07. The minimum atomic E-state index is -0.864. The third-order valence-corrected chi connectivity index (χ3v) is 6.31. The Morgan fingerprint density at radius 1 is 1.16 bits per heavy atom. The van der Waals surface area contributed by atoms with Crippen LogP contribution in [0.5, 0.6) is 5.75 Å². The molecule has 1 aromatic carbocycles. The molecule has 32 heavy (non-hydrogen) atoms. The van der Waals surface area contributed by atoms with Gasteiger partial charge in [-0.2, -0.15) is 4.98 Å². The standard InChI is InChI=1S/C23H31N5O4/c1-15-9-11-27(12-10-15)22-24-20-19(21(30)26(4)23(31)25(20)3)28(22)13-17(29)14-32-18-8-6-5-7-16(18)2/h5-8,15,17,29H,9-14H2,1-4H3. The van der Waals surface area contributed by atoms with Gasteiger partial charge in [0.25, 0.3) is 5.56 Å². The Labute approximate surface area is 186 Å². The third-order valence-electron chi connectivity index (χ3n) is 6.31. The molecule has 1 fully saturated rings. The predicted octanol–water partition coefficient (Wildman–Crippen LogP) is 1.42. The lowest BCUT2D eigenvalue weighted by Gasteiger charge is -2.31. The molecule has 0 aliphatic carbocycles. The number of aryl methyl sites for hydroxylation is 2. The summed E-state index contributed by atoms with van der Waals surface area (Å²) in [5.74, 6) is 1.96. The minimum absolute atomic E-state index is 0.0765. The van der Waals surface area contributed by atoms with Crippen molar-refractivity contribution in [1.29, 1.82) is 0 Å². The predicted molar refractivity (Wildman–Crippen MR) is 124 cm³/mol. The van der Waals surface area contributed by atoms with Gasteiger partial charge in [0.2, 0.25) is 5.95 Å². The van der Waals surface area contributed by atoms with Crippen molar-refractivity contribution in [2.24, 2.45) is 20.0 Å². The van der Waals surface area contributed by atoms with Crippen molar-refractivity contribution in [3.8, 4) is 5.75 Å². The lowest BCUT2D eigenvalue weighted by molar-refractivity contribution is 0.0932. The molecule has 1 aliphatic heterocycles. The zero-order chi connectivity index (χ0) is 23.0. The Hall–Kier alpha value is -3.07. The maximum atomic E-state index is 13.0. The molecule has 3 heterocycles. The largest absolute Gasteiger partial charge is 0.491 e. The van der Waals surface area contributed by atoms with Crippen molar-refractivity contribution in [1.82, 2.24) is 18.7 Å². The highest BCUT2D eigenvalue weighted by Crippen LogP contribution is 2.25. The molecule has 1 unspecified atom stereocenters. The highest BCUT2D eigenvalue weighted by molar-refractivity contribution is 5.74. The van der Waals surface area contributed by atoms with E-state index in [0.717, 1.165) is 36.1 Å². The van der Waals surface area contributed by atoms with Gasteiger partial charge in [0.15, 0.2) is 11.2 Å². The molecule has 0 amide bonds. The second-order valence-electron chi connectivity index (χ2n) is 8.80. The van der Waals surface area contributed by atoms with Gasteiger partial charge in [-0.1, -0.05) is 25.1 Å². The van der Waals surface area contributed by atoms with Crippen LogP contribution in [0, 0.1) is 12.8 Å². The summed E-state index contributed by atoms with van der Waals surface area (Å²) in [5, 5.41) is 10.8. The van der Waals surface area contributed by atoms with Gasteiger partial charge in [0.1, 0.15) is 18.5 Å². The fraction of sp³-hybridized carbons (Fsp3) is 0.522. The zero-order valence-corrected chi connectivity index (χ0v) is 19.1. The van der Waals surface area contributed by atoms with Gasteiger partial charge in [-0.05, 0) is 37.3 Å². The Morgan fingerprint density at radius 2 is 1.84 bits per heavy atom. The summed E-state index contributed by atoms with van der Waals surface area (Å²) in [6.07, 6.45) is 1.19. The number of hydrogen-bond donors (Lipinski definition) is 1. The van der Waals surface area contributed by atoms with Crippen LogP contribution >= 0.6 is 0 Å². The van der Waals surface area contributed by atoms with Crippen LogP contribution in [0.3, 0.4) is 0 Å². The average molecular weight is 442 g/mol. The monoisotopic (exact) mass is 441 g/mol. The molecule has 2 aromatic heterocycles. The number of nitrogens with zero attached hydrogens (tertiary/aromatic N) is 5. The summed E-state index contributed by atoms with van der Waals surface area (Å²) >= 11 is 0. The Bertz CT molecular complexity index is 1230. The number of aliphatic hydroxyl groups is 1. The van der Waals surface area contributed by atoms with Crippen molar-refractivity contribution < 1.29 is 9.84 Å². The maximum absolute atomic E-state index is 13.0. The number of rotatable bonds is 6. The molecule has 9 heteroatoms. The van der Waals surface area contributed by atoms with Crippen LogP contribution in [0.1, 0.15) is 25.3 Å². The van der Waals surface area contributed by atoms with Crippen LogP contribution in [0.2, 0.25) is 0 Å². The summed E-state index contributed by atoms with van der Waals surface area (Å²) in [6, 6.07) is 7.63. The zero-order valence-electron chi connectivity index (χ0n) is 19.1. The molecule has 9 nitrogen and oxygen atoms in total. The number of anilines is 1. The van der Waals surface area contributed by atoms with Crippen LogP contribution in [-0.4, -0.2) is 49.6 Å². The molecular weight excluding hydrogens is 410 g/mol. The average Bonchev–Trinajstić information content (AvgIpc) is 3.15. The van der Waals surface area contributed by atoms with Crippen LogP contribution in [-0.2, 0) is 20.6 Å². The highest BCUT2D eigenvalue weighted by Gasteiger charge is 2.26. The van der Waals surface area contributed by atoms with Gasteiger partial charge in [-0.25, -0.2) is 4.79 Å². The van der Waals surface area contributed by atoms with Gasteiger partial charge in [0.05, 0.1) is 6.54 Å². The fourth-order valence-corrected chi connectivity index (χ4v) is 4.23. The van der Waals surface area contributed by atoms with Crippen molar-refractivity contribution in [3.63, 3.8) is 0 Å². The van der Waals surface area contributed by atoms with Gasteiger partial charge in [-0.3, -0.25) is 13.9 Å². The third kappa shape index (κ3) is 4.04. The number of para-hydroxylation sites is 1. The minimum Gasteiger partial charge on any atom is -0.491 e. The van der Waals surface area contributed by atoms with E-state index in [-0.39, 0.29) is 13.2 Å². The van der Waals surface area contributed by atoms with Crippen LogP contribution < -0.4 is 20.9 Å². The lowest BCUT2D eigenvalue weighted by atomic mass is 10.00. The van der Waals surface area contributed by atoms with E-state index in [1.54, 1.807) is 11.6 Å². The number of imidazole rings is 1. The topological polar surface area (TPSA) is 94.5 Å². The first-order valence-corrected chi connectivity index (χ1v) is 11.1. The SMILES string of the molecule is Cc1ccccc1OCC(O)Cn1c(N2CCC(C)CC2)nc2c1c(=O)n(C)c(=O)n2C. The van der Waals surface area contributed by atoms with E-state index in [2.05, 4.69) is 11.8 Å². The molecule has 0 saturated carbocycles. The van der Waals surface area contributed by atoms with Gasteiger partial charge in [0, 0.05) is 27.2 Å². The number of aliphatic hydroxyl groups excluding tert-OH is 1. The summed E-state index contributed by atoms with van der Waals surface area (Å²) in [4.78, 5) is 32.3. The molecule has 1 atom stereocenters. The van der Waals surface area contributed by atoms with E-state index in [9.17, 15) is 14.7 Å². The molecule has 0 radical (unpaired) electrons. The van der Waals surface area contributed by atoms with Gasteiger partial charge >= 0.3 is 5.69 Å². The van der Waals surface area contributed by atoms with Crippen molar-refractivity contribution in [3.05, 3.63) is 50.7 Å². The molecule has 172 valence electrons. The fourth-order valence-electron chi connectivity index (χ4n) is 4.23. The van der Waals surface area contributed by atoms with Gasteiger partial charge in [-0.15, -0.1) is 0 Å². The number of hydrogen-bond acceptors (Lipinski definition) is 6. The Kier molecular flexibility index (Phi) is 6.10. The van der Waals surface area contributed by atoms with Crippen LogP contribution in [0.4, 0.5) is 5.95 Å². The number of piperidine rings is 1. The van der Waals surface area contributed by atoms with E-state index in [0.29, 0.717) is 28.8 Å². The second kappa shape index (κ2) is 8.82. The highest BCUT2D eigenvalue weighted by atomic mass is 16.5. The summed E-state index contributed by atoms with van der Waals surface area (Å²) < 4.78 is 10.0. The number of ether oxygens (including phenoxy) is 1. The van der Waals surface area contributed by atoms with E-state index in [4.69, 9.17) is 9.72 Å². The Morgan fingerprint density at radius 3 is 2.53 bits per heavy atom. The molecule has 3 aromatic rings. The molecule has 0 spiro atoms. The molecular formula is C23H31N5O4. The molecule has 1 aliphatic rings. The van der Waals surface area contributed by atoms with E-state index in [1.165, 1.54) is 11.6 Å². The van der Waals surface area contributed by atoms with E-state index in [1.807, 2.05) is 31.2 Å². The number of benzene rings is 1. The summed E-state index contributed by atoms with van der Waals surface area (Å²) in [6.45, 7) is 6.02. The number of fused-ring (bicyclic) bond motifs is 1. The lowest BCUT2D eigenvalue weighted by Crippen LogP contribution is -2.38. The van der Waals surface area contributed by atoms with Crippen LogP contribution in [0.25, 0.3) is 11.2 Å². The second-order valence-corrected chi connectivity index (χ2v) is 8.80. The van der Waals surface area contributed by atoms with Crippen molar-refractivity contribution in [2.75, 3.05) is 24.6 Å². The molecule has 1 saturated heterocycles.